The van der Waals surface area contributed by atoms with Crippen LogP contribution in [0.15, 0.2) is 60.8 Å². The van der Waals surface area contributed by atoms with E-state index in [0.717, 1.165) is 22.0 Å². The minimum Gasteiger partial charge on any atom is -0.480 e. The lowest BCUT2D eigenvalue weighted by atomic mass is 10.0. The largest absolute Gasteiger partial charge is 0.480 e. The second kappa shape index (κ2) is 15.1. The zero-order valence-electron chi connectivity index (χ0n) is 22.1. The molecule has 2 aromatic carbocycles. The number of hydrogen-bond acceptors (Lipinski definition) is 7. The van der Waals surface area contributed by atoms with E-state index in [1.807, 2.05) is 36.6 Å². The molecule has 4 atom stereocenters. The number of benzene rings is 2. The number of rotatable bonds is 15. The third kappa shape index (κ3) is 8.57. The number of nitrogens with two attached hydrogens (primary N) is 1. The van der Waals surface area contributed by atoms with E-state index in [1.54, 1.807) is 30.5 Å². The summed E-state index contributed by atoms with van der Waals surface area (Å²) in [6.45, 7) is -0.607. The number of para-hydroxylation sites is 1. The van der Waals surface area contributed by atoms with Gasteiger partial charge in [0.15, 0.2) is 0 Å². The molecule has 0 radical (unpaired) electrons. The molecule has 0 aliphatic rings. The number of nitrogens with one attached hydrogen (secondary N) is 4. The van der Waals surface area contributed by atoms with Crippen molar-refractivity contribution in [2.75, 3.05) is 18.6 Å². The van der Waals surface area contributed by atoms with E-state index < -0.39 is 54.5 Å². The fourth-order valence-corrected chi connectivity index (χ4v) is 4.66. The molecule has 8 N–H and O–H groups in total. The van der Waals surface area contributed by atoms with Gasteiger partial charge in [0.05, 0.1) is 6.61 Å². The average molecular weight is 570 g/mol. The van der Waals surface area contributed by atoms with Crippen molar-refractivity contribution in [1.82, 2.24) is 20.9 Å². The lowest BCUT2D eigenvalue weighted by molar-refractivity contribution is -0.142. The summed E-state index contributed by atoms with van der Waals surface area (Å²) >= 11 is 1.46. The maximum atomic E-state index is 13.6. The van der Waals surface area contributed by atoms with Gasteiger partial charge in [0.2, 0.25) is 17.7 Å². The molecule has 4 unspecified atom stereocenters. The number of aliphatic hydroxyl groups excluding tert-OH is 1. The lowest BCUT2D eigenvalue weighted by Gasteiger charge is -2.25. The molecule has 40 heavy (non-hydrogen) atoms. The second-order valence-corrected chi connectivity index (χ2v) is 10.3. The van der Waals surface area contributed by atoms with Crippen LogP contribution in [0.3, 0.4) is 0 Å². The molecule has 3 amide bonds. The summed E-state index contributed by atoms with van der Waals surface area (Å²) in [5.41, 5.74) is 8.00. The highest BCUT2D eigenvalue weighted by Gasteiger charge is 2.31. The van der Waals surface area contributed by atoms with Crippen molar-refractivity contribution in [2.24, 2.45) is 5.73 Å². The highest BCUT2D eigenvalue weighted by molar-refractivity contribution is 7.98. The maximum absolute atomic E-state index is 13.6. The number of fused-ring (bicyclic) bond motifs is 1. The Morgan fingerprint density at radius 3 is 2.12 bits per heavy atom. The van der Waals surface area contributed by atoms with Crippen LogP contribution in [0, 0.1) is 0 Å². The quantitative estimate of drug-likeness (QED) is 0.138. The molecule has 1 aromatic heterocycles. The van der Waals surface area contributed by atoms with Gasteiger partial charge in [-0.1, -0.05) is 48.5 Å². The molecule has 3 rings (SSSR count). The summed E-state index contributed by atoms with van der Waals surface area (Å²) in [5, 5.41) is 27.6. The highest BCUT2D eigenvalue weighted by atomic mass is 32.2. The standard InChI is InChI=1S/C28H35N5O6S/c1-40-12-11-22(28(38)39)31-27(37)24(14-18-15-30-21-10-6-5-9-19(18)21)33-26(36)23(32-25(35)20(29)16-34)13-17-7-3-2-4-8-17/h2-10,15,20,22-24,30,34H,11-14,16,29H2,1H3,(H,31,37)(H,32,35)(H,33,36)(H,38,39). The molecule has 0 fully saturated rings. The summed E-state index contributed by atoms with van der Waals surface area (Å²) in [4.78, 5) is 54.4. The third-order valence-corrected chi connectivity index (χ3v) is 7.05. The molecule has 12 heteroatoms. The number of carbonyl (C=O) groups excluding carboxylic acids is 3. The highest BCUT2D eigenvalue weighted by Crippen LogP contribution is 2.19. The van der Waals surface area contributed by atoms with E-state index in [9.17, 15) is 29.4 Å². The summed E-state index contributed by atoms with van der Waals surface area (Å²) in [6.07, 6.45) is 3.96. The molecule has 0 aliphatic carbocycles. The lowest BCUT2D eigenvalue weighted by Crippen LogP contribution is -2.58. The molecule has 0 bridgehead atoms. The number of aromatic amines is 1. The molecule has 0 saturated carbocycles. The third-order valence-electron chi connectivity index (χ3n) is 6.41. The minimum atomic E-state index is -1.23. The summed E-state index contributed by atoms with van der Waals surface area (Å²) in [7, 11) is 0. The van der Waals surface area contributed by atoms with Gasteiger partial charge < -0.3 is 36.9 Å². The van der Waals surface area contributed by atoms with Crippen LogP contribution in [0.1, 0.15) is 17.5 Å². The predicted octanol–water partition coefficient (Wildman–Crippen LogP) is 0.565. The van der Waals surface area contributed by atoms with E-state index in [4.69, 9.17) is 5.73 Å². The van der Waals surface area contributed by atoms with Crippen LogP contribution in [0.2, 0.25) is 0 Å². The van der Waals surface area contributed by atoms with Crippen molar-refractivity contribution >= 4 is 46.4 Å². The fourth-order valence-electron chi connectivity index (χ4n) is 4.19. The first-order valence-electron chi connectivity index (χ1n) is 12.8. The average Bonchev–Trinajstić information content (AvgIpc) is 3.36. The number of thioether (sulfide) groups is 1. The summed E-state index contributed by atoms with van der Waals surface area (Å²) < 4.78 is 0. The van der Waals surface area contributed by atoms with Crippen LogP contribution in [-0.2, 0) is 32.0 Å². The topological polar surface area (TPSA) is 187 Å². The van der Waals surface area contributed by atoms with Crippen LogP contribution in [0.4, 0.5) is 0 Å². The molecular formula is C28H35N5O6S. The molecule has 0 aliphatic heterocycles. The van der Waals surface area contributed by atoms with Crippen LogP contribution in [0.5, 0.6) is 0 Å². The van der Waals surface area contributed by atoms with Crippen LogP contribution in [0.25, 0.3) is 10.9 Å². The van der Waals surface area contributed by atoms with Gasteiger partial charge in [0.1, 0.15) is 24.2 Å². The SMILES string of the molecule is CSCCC(NC(=O)C(Cc1c[nH]c2ccccc12)NC(=O)C(Cc1ccccc1)NC(=O)C(N)CO)C(=O)O. The van der Waals surface area contributed by atoms with Gasteiger partial charge in [0.25, 0.3) is 0 Å². The number of carbonyl (C=O) groups is 4. The Bertz CT molecular complexity index is 1300. The van der Waals surface area contributed by atoms with Gasteiger partial charge in [-0.25, -0.2) is 4.79 Å². The fraction of sp³-hybridized carbons (Fsp3) is 0.357. The monoisotopic (exact) mass is 569 g/mol. The van der Waals surface area contributed by atoms with Crippen LogP contribution in [-0.4, -0.2) is 81.7 Å². The van der Waals surface area contributed by atoms with E-state index >= 15 is 0 Å². The molecule has 3 aromatic rings. The Hall–Kier alpha value is -3.87. The van der Waals surface area contributed by atoms with Crippen molar-refractivity contribution in [2.45, 2.75) is 43.4 Å². The van der Waals surface area contributed by atoms with Crippen molar-refractivity contribution in [3.05, 3.63) is 71.9 Å². The molecular weight excluding hydrogens is 534 g/mol. The Morgan fingerprint density at radius 1 is 0.875 bits per heavy atom. The first kappa shape index (κ1) is 30.7. The van der Waals surface area contributed by atoms with E-state index in [-0.39, 0.29) is 19.3 Å². The van der Waals surface area contributed by atoms with Crippen molar-refractivity contribution in [3.63, 3.8) is 0 Å². The Morgan fingerprint density at radius 2 is 1.48 bits per heavy atom. The smallest absolute Gasteiger partial charge is 0.326 e. The Balaban J connectivity index is 1.88. The molecule has 214 valence electrons. The van der Waals surface area contributed by atoms with Gasteiger partial charge in [-0.2, -0.15) is 11.8 Å². The molecule has 11 nitrogen and oxygen atoms in total. The number of aliphatic hydroxyl groups is 1. The van der Waals surface area contributed by atoms with Gasteiger partial charge in [-0.15, -0.1) is 0 Å². The van der Waals surface area contributed by atoms with Crippen LogP contribution < -0.4 is 21.7 Å². The number of amides is 3. The van der Waals surface area contributed by atoms with Crippen molar-refractivity contribution < 1.29 is 29.4 Å². The van der Waals surface area contributed by atoms with Gasteiger partial charge >= 0.3 is 5.97 Å². The van der Waals surface area contributed by atoms with Crippen LogP contribution >= 0.6 is 11.8 Å². The second-order valence-electron chi connectivity index (χ2n) is 9.35. The van der Waals surface area contributed by atoms with E-state index in [2.05, 4.69) is 20.9 Å². The number of aliphatic carboxylic acids is 1. The number of carboxylic acids is 1. The molecule has 0 spiro atoms. The number of hydrogen-bond donors (Lipinski definition) is 7. The maximum Gasteiger partial charge on any atom is 0.326 e. The predicted molar refractivity (Wildman–Crippen MR) is 154 cm³/mol. The molecule has 0 saturated heterocycles. The van der Waals surface area contributed by atoms with Gasteiger partial charge in [-0.3, -0.25) is 14.4 Å². The van der Waals surface area contributed by atoms with Gasteiger partial charge in [-0.05, 0) is 35.6 Å². The van der Waals surface area contributed by atoms with E-state index in [1.165, 1.54) is 11.8 Å². The number of carboxylic acid groups (broad SMARTS) is 1. The zero-order valence-corrected chi connectivity index (χ0v) is 22.9. The first-order chi connectivity index (χ1) is 19.2. The van der Waals surface area contributed by atoms with Gasteiger partial charge in [0, 0.05) is 29.9 Å². The molecule has 1 heterocycles. The number of aromatic nitrogens is 1. The summed E-state index contributed by atoms with van der Waals surface area (Å²) in [6, 6.07) is 11.8. The van der Waals surface area contributed by atoms with Crippen molar-refractivity contribution in [1.29, 1.82) is 0 Å². The Labute approximate surface area is 236 Å². The van der Waals surface area contributed by atoms with Crippen molar-refractivity contribution in [3.8, 4) is 0 Å². The summed E-state index contributed by atoms with van der Waals surface area (Å²) in [5.74, 6) is -2.69. The number of H-pyrrole nitrogens is 1. The van der Waals surface area contributed by atoms with E-state index in [0.29, 0.717) is 5.75 Å². The zero-order chi connectivity index (χ0) is 29.1. The normalized spacial score (nSPS) is 14.1. The first-order valence-corrected chi connectivity index (χ1v) is 14.2. The Kier molecular flexibility index (Phi) is 11.5. The minimum absolute atomic E-state index is 0.0681.